The third kappa shape index (κ3) is 4.35. The Kier molecular flexibility index (Phi) is 5.60. The molecule has 2 aromatic carbocycles. The first-order valence-electron chi connectivity index (χ1n) is 10.2. The number of benzene rings is 2. The predicted octanol–water partition coefficient (Wildman–Crippen LogP) is 3.84. The number of fused-ring (bicyclic) bond motifs is 1. The predicted molar refractivity (Wildman–Crippen MR) is 114 cm³/mol. The Hall–Kier alpha value is -2.82. The lowest BCUT2D eigenvalue weighted by Crippen LogP contribution is -2.43. The number of carbonyl (C=O) groups excluding carboxylic acids is 1. The quantitative estimate of drug-likeness (QED) is 0.643. The number of nitrogens with zero attached hydrogens (tertiary/aromatic N) is 2. The summed E-state index contributed by atoms with van der Waals surface area (Å²) in [6, 6.07) is 16.7. The molecule has 0 radical (unpaired) electrons. The molecule has 146 valence electrons. The molecule has 4 rings (SSSR count). The van der Waals surface area contributed by atoms with Gasteiger partial charge in [0.05, 0.1) is 17.0 Å². The molecule has 0 saturated carbocycles. The number of hydrogen-bond acceptors (Lipinski definition) is 3. The monoisotopic (exact) mass is 376 g/mol. The lowest BCUT2D eigenvalue weighted by Gasteiger charge is -2.31. The molecular weight excluding hydrogens is 348 g/mol. The number of carbonyl (C=O) groups is 1. The Morgan fingerprint density at radius 1 is 1.25 bits per heavy atom. The number of amides is 1. The van der Waals surface area contributed by atoms with Crippen LogP contribution in [0.2, 0.25) is 0 Å². The number of anilines is 1. The van der Waals surface area contributed by atoms with Gasteiger partial charge in [0.2, 0.25) is 11.9 Å². The number of rotatable bonds is 6. The lowest BCUT2D eigenvalue weighted by atomic mass is 9.97. The average molecular weight is 377 g/mol. The number of hydrogen-bond donors (Lipinski definition) is 2. The molecule has 5 nitrogen and oxygen atoms in total. The third-order valence-electron chi connectivity index (χ3n) is 5.50. The number of nitrogens with one attached hydrogen (secondary N) is 2. The van der Waals surface area contributed by atoms with E-state index in [0.29, 0.717) is 0 Å². The van der Waals surface area contributed by atoms with Gasteiger partial charge in [-0.25, -0.2) is 4.98 Å². The van der Waals surface area contributed by atoms with Crippen LogP contribution >= 0.6 is 0 Å². The molecule has 0 bridgehead atoms. The lowest BCUT2D eigenvalue weighted by molar-refractivity contribution is -0.125. The van der Waals surface area contributed by atoms with Crippen LogP contribution in [0.3, 0.4) is 0 Å². The van der Waals surface area contributed by atoms with E-state index in [1.54, 1.807) is 0 Å². The SMILES string of the molecule is Cc1ccc2nc(N3CCCC(C(=O)NCCCc4ccccc4)C3)[nH]c2c1. The number of aromatic amines is 1. The normalized spacial score (nSPS) is 17.0. The molecule has 28 heavy (non-hydrogen) atoms. The van der Waals surface area contributed by atoms with Gasteiger partial charge in [-0.2, -0.15) is 0 Å². The van der Waals surface area contributed by atoms with Crippen molar-refractivity contribution < 1.29 is 4.79 Å². The third-order valence-corrected chi connectivity index (χ3v) is 5.50. The van der Waals surface area contributed by atoms with Crippen LogP contribution in [-0.4, -0.2) is 35.5 Å². The minimum Gasteiger partial charge on any atom is -0.356 e. The molecular formula is C23H28N4O. The van der Waals surface area contributed by atoms with Gasteiger partial charge in [0.15, 0.2) is 0 Å². The fourth-order valence-corrected chi connectivity index (χ4v) is 3.94. The summed E-state index contributed by atoms with van der Waals surface area (Å²) < 4.78 is 0. The van der Waals surface area contributed by atoms with Crippen LogP contribution in [0.5, 0.6) is 0 Å². The number of H-pyrrole nitrogens is 1. The van der Waals surface area contributed by atoms with Crippen molar-refractivity contribution >= 4 is 22.9 Å². The first-order chi connectivity index (χ1) is 13.7. The van der Waals surface area contributed by atoms with E-state index in [1.165, 1.54) is 11.1 Å². The van der Waals surface area contributed by atoms with Crippen molar-refractivity contribution in [2.45, 2.75) is 32.6 Å². The van der Waals surface area contributed by atoms with Crippen LogP contribution in [0, 0.1) is 12.8 Å². The van der Waals surface area contributed by atoms with Gasteiger partial charge >= 0.3 is 0 Å². The molecule has 1 aliphatic heterocycles. The van der Waals surface area contributed by atoms with E-state index in [1.807, 2.05) is 12.1 Å². The van der Waals surface area contributed by atoms with Crippen LogP contribution < -0.4 is 10.2 Å². The van der Waals surface area contributed by atoms with Crippen LogP contribution in [0.15, 0.2) is 48.5 Å². The molecule has 1 aromatic heterocycles. The van der Waals surface area contributed by atoms with E-state index in [2.05, 4.69) is 58.5 Å². The molecule has 3 aromatic rings. The molecule has 1 amide bonds. The van der Waals surface area contributed by atoms with Gasteiger partial charge in [-0.1, -0.05) is 36.4 Å². The molecule has 1 unspecified atom stereocenters. The summed E-state index contributed by atoms with van der Waals surface area (Å²) in [5.74, 6) is 1.08. The fourth-order valence-electron chi connectivity index (χ4n) is 3.94. The zero-order valence-electron chi connectivity index (χ0n) is 16.4. The standard InChI is InChI=1S/C23H28N4O/c1-17-11-12-20-21(15-17)26-23(25-20)27-14-6-10-19(16-27)22(28)24-13-5-9-18-7-3-2-4-8-18/h2-4,7-8,11-12,15,19H,5-6,9-10,13-14,16H2,1H3,(H,24,28)(H,25,26). The second-order valence-corrected chi connectivity index (χ2v) is 7.75. The maximum Gasteiger partial charge on any atom is 0.224 e. The van der Waals surface area contributed by atoms with E-state index in [-0.39, 0.29) is 11.8 Å². The van der Waals surface area contributed by atoms with Crippen LogP contribution in [0.4, 0.5) is 5.95 Å². The summed E-state index contributed by atoms with van der Waals surface area (Å²) in [5, 5.41) is 3.13. The molecule has 2 N–H and O–H groups in total. The molecule has 1 fully saturated rings. The Morgan fingerprint density at radius 2 is 2.11 bits per heavy atom. The Balaban J connectivity index is 1.30. The molecule has 0 spiro atoms. The highest BCUT2D eigenvalue weighted by atomic mass is 16.1. The van der Waals surface area contributed by atoms with Gasteiger partial charge in [0.1, 0.15) is 0 Å². The van der Waals surface area contributed by atoms with Crippen LogP contribution in [0.25, 0.3) is 11.0 Å². The van der Waals surface area contributed by atoms with E-state index in [9.17, 15) is 4.79 Å². The molecule has 1 saturated heterocycles. The van der Waals surface area contributed by atoms with E-state index in [4.69, 9.17) is 4.98 Å². The smallest absolute Gasteiger partial charge is 0.224 e. The zero-order chi connectivity index (χ0) is 19.3. The highest BCUT2D eigenvalue weighted by Crippen LogP contribution is 2.24. The van der Waals surface area contributed by atoms with Crippen molar-refractivity contribution in [2.75, 3.05) is 24.5 Å². The largest absolute Gasteiger partial charge is 0.356 e. The van der Waals surface area contributed by atoms with E-state index in [0.717, 1.165) is 62.3 Å². The number of imidazole rings is 1. The molecule has 1 atom stereocenters. The molecule has 2 heterocycles. The van der Waals surface area contributed by atoms with Crippen molar-refractivity contribution in [1.82, 2.24) is 15.3 Å². The second kappa shape index (κ2) is 8.46. The Morgan fingerprint density at radius 3 is 2.96 bits per heavy atom. The average Bonchev–Trinajstić information content (AvgIpc) is 3.15. The highest BCUT2D eigenvalue weighted by Gasteiger charge is 2.27. The molecule has 5 heteroatoms. The summed E-state index contributed by atoms with van der Waals surface area (Å²) in [6.45, 7) is 4.48. The zero-order valence-corrected chi connectivity index (χ0v) is 16.4. The minimum atomic E-state index is 0.0282. The van der Waals surface area contributed by atoms with Crippen molar-refractivity contribution in [3.8, 4) is 0 Å². The fraction of sp³-hybridized carbons (Fsp3) is 0.391. The van der Waals surface area contributed by atoms with Crippen molar-refractivity contribution in [3.05, 3.63) is 59.7 Å². The summed E-state index contributed by atoms with van der Waals surface area (Å²) in [6.07, 6.45) is 3.92. The van der Waals surface area contributed by atoms with E-state index < -0.39 is 0 Å². The summed E-state index contributed by atoms with van der Waals surface area (Å²) in [7, 11) is 0. The Bertz CT molecular complexity index is 934. The first kappa shape index (κ1) is 18.5. The highest BCUT2D eigenvalue weighted by molar-refractivity contribution is 5.80. The van der Waals surface area contributed by atoms with E-state index >= 15 is 0 Å². The van der Waals surface area contributed by atoms with Gasteiger partial charge in [0, 0.05) is 19.6 Å². The minimum absolute atomic E-state index is 0.0282. The summed E-state index contributed by atoms with van der Waals surface area (Å²) >= 11 is 0. The van der Waals surface area contributed by atoms with Crippen LogP contribution in [-0.2, 0) is 11.2 Å². The Labute approximate surface area is 166 Å². The molecule has 0 aliphatic carbocycles. The molecule has 1 aliphatic rings. The van der Waals surface area contributed by atoms with Gasteiger partial charge in [0.25, 0.3) is 0 Å². The number of aryl methyl sites for hydroxylation is 2. The number of aromatic nitrogens is 2. The first-order valence-corrected chi connectivity index (χ1v) is 10.2. The second-order valence-electron chi connectivity index (χ2n) is 7.75. The van der Waals surface area contributed by atoms with Crippen molar-refractivity contribution in [1.29, 1.82) is 0 Å². The number of piperidine rings is 1. The van der Waals surface area contributed by atoms with Gasteiger partial charge in [-0.3, -0.25) is 4.79 Å². The summed E-state index contributed by atoms with van der Waals surface area (Å²) in [5.41, 5.74) is 4.57. The maximum atomic E-state index is 12.6. The van der Waals surface area contributed by atoms with Gasteiger partial charge in [-0.05, 0) is 55.9 Å². The van der Waals surface area contributed by atoms with Gasteiger partial charge in [-0.15, -0.1) is 0 Å². The van der Waals surface area contributed by atoms with Crippen molar-refractivity contribution in [2.24, 2.45) is 5.92 Å². The van der Waals surface area contributed by atoms with Gasteiger partial charge < -0.3 is 15.2 Å². The maximum absolute atomic E-state index is 12.6. The topological polar surface area (TPSA) is 61.0 Å². The van der Waals surface area contributed by atoms with Crippen molar-refractivity contribution in [3.63, 3.8) is 0 Å². The summed E-state index contributed by atoms with van der Waals surface area (Å²) in [4.78, 5) is 23.0. The van der Waals surface area contributed by atoms with Crippen LogP contribution in [0.1, 0.15) is 30.4 Å².